The monoisotopic (exact) mass is 173 g/mol. The van der Waals surface area contributed by atoms with E-state index in [1.54, 1.807) is 12.2 Å². The Hall–Kier alpha value is -1.50. The van der Waals surface area contributed by atoms with E-state index < -0.39 is 0 Å². The number of benzene rings is 1. The highest BCUT2D eigenvalue weighted by molar-refractivity contribution is 5.24. The standard InChI is InChI=1S/C12H13O/c1-3-8-11(4-2)13-12-9-6-5-7-10-12/h3-7,9-10H,1-2,8H2. The summed E-state index contributed by atoms with van der Waals surface area (Å²) in [6.07, 6.45) is 5.02. The molecule has 0 saturated heterocycles. The molecule has 13 heavy (non-hydrogen) atoms. The van der Waals surface area contributed by atoms with E-state index in [0.29, 0.717) is 6.42 Å². The molecule has 67 valence electrons. The lowest BCUT2D eigenvalue weighted by molar-refractivity contribution is 0.353. The average Bonchev–Trinajstić information content (AvgIpc) is 2.19. The van der Waals surface area contributed by atoms with E-state index in [4.69, 9.17) is 4.74 Å². The number of para-hydroxylation sites is 1. The molecule has 1 rings (SSSR count). The molecule has 0 aliphatic rings. The minimum atomic E-state index is 0.707. The number of ether oxygens (including phenoxy) is 1. The van der Waals surface area contributed by atoms with Crippen molar-refractivity contribution >= 4 is 0 Å². The van der Waals surface area contributed by atoms with Crippen molar-refractivity contribution in [1.82, 2.24) is 0 Å². The molecule has 1 aromatic carbocycles. The molecule has 0 aromatic heterocycles. The summed E-state index contributed by atoms with van der Waals surface area (Å²) in [5, 5.41) is 0. The van der Waals surface area contributed by atoms with Crippen LogP contribution in [0.3, 0.4) is 0 Å². The van der Waals surface area contributed by atoms with Gasteiger partial charge in [0.15, 0.2) is 6.10 Å². The Balaban J connectivity index is 2.56. The Morgan fingerprint density at radius 1 is 1.23 bits per heavy atom. The normalized spacial score (nSPS) is 9.62. The first-order chi connectivity index (χ1) is 6.36. The van der Waals surface area contributed by atoms with Crippen molar-refractivity contribution in [2.75, 3.05) is 0 Å². The number of hydrogen-bond acceptors (Lipinski definition) is 1. The first-order valence-corrected chi connectivity index (χ1v) is 4.19. The average molecular weight is 173 g/mol. The molecule has 0 bridgehead atoms. The molecule has 0 amide bonds. The Labute approximate surface area is 79.4 Å². The lowest BCUT2D eigenvalue weighted by Gasteiger charge is -2.11. The predicted molar refractivity (Wildman–Crippen MR) is 55.3 cm³/mol. The summed E-state index contributed by atoms with van der Waals surface area (Å²) >= 11 is 0. The van der Waals surface area contributed by atoms with Crippen LogP contribution in [0.25, 0.3) is 0 Å². The van der Waals surface area contributed by atoms with E-state index in [-0.39, 0.29) is 0 Å². The van der Waals surface area contributed by atoms with Gasteiger partial charge in [0, 0.05) is 6.42 Å². The van der Waals surface area contributed by atoms with Crippen molar-refractivity contribution in [2.45, 2.75) is 6.42 Å². The van der Waals surface area contributed by atoms with Gasteiger partial charge < -0.3 is 4.74 Å². The zero-order chi connectivity index (χ0) is 9.52. The van der Waals surface area contributed by atoms with Crippen LogP contribution < -0.4 is 4.74 Å². The molecule has 0 unspecified atom stereocenters. The first-order valence-electron chi connectivity index (χ1n) is 4.19. The van der Waals surface area contributed by atoms with Crippen molar-refractivity contribution in [3.63, 3.8) is 0 Å². The second-order valence-electron chi connectivity index (χ2n) is 2.58. The Morgan fingerprint density at radius 2 is 1.92 bits per heavy atom. The summed E-state index contributed by atoms with van der Waals surface area (Å²) in [7, 11) is 0. The van der Waals surface area contributed by atoms with Crippen LogP contribution in [0.2, 0.25) is 0 Å². The van der Waals surface area contributed by atoms with Gasteiger partial charge in [-0.1, -0.05) is 30.9 Å². The van der Waals surface area contributed by atoms with Crippen molar-refractivity contribution < 1.29 is 4.74 Å². The Kier molecular flexibility index (Phi) is 3.83. The zero-order valence-electron chi connectivity index (χ0n) is 7.57. The van der Waals surface area contributed by atoms with Crippen molar-refractivity contribution in [2.24, 2.45) is 0 Å². The second-order valence-corrected chi connectivity index (χ2v) is 2.58. The van der Waals surface area contributed by atoms with Gasteiger partial charge in [0.1, 0.15) is 5.75 Å². The maximum absolute atomic E-state index is 5.53. The molecule has 0 saturated carbocycles. The summed E-state index contributed by atoms with van der Waals surface area (Å²) in [4.78, 5) is 0. The molecular formula is C12H13O. The highest BCUT2D eigenvalue weighted by Crippen LogP contribution is 2.17. The Morgan fingerprint density at radius 3 is 2.46 bits per heavy atom. The highest BCUT2D eigenvalue weighted by atomic mass is 16.5. The van der Waals surface area contributed by atoms with E-state index in [9.17, 15) is 0 Å². The molecule has 0 aliphatic carbocycles. The molecule has 0 spiro atoms. The molecule has 1 heteroatoms. The van der Waals surface area contributed by atoms with E-state index >= 15 is 0 Å². The Bertz CT molecular complexity index is 264. The number of rotatable bonds is 5. The van der Waals surface area contributed by atoms with E-state index in [2.05, 4.69) is 13.2 Å². The summed E-state index contributed by atoms with van der Waals surface area (Å²) in [5.74, 6) is 0.833. The van der Waals surface area contributed by atoms with Gasteiger partial charge in [-0.2, -0.15) is 0 Å². The van der Waals surface area contributed by atoms with Gasteiger partial charge in [0.25, 0.3) is 0 Å². The van der Waals surface area contributed by atoms with Gasteiger partial charge in [-0.25, -0.2) is 0 Å². The third-order valence-electron chi connectivity index (χ3n) is 1.57. The number of hydrogen-bond donors (Lipinski definition) is 0. The quantitative estimate of drug-likeness (QED) is 0.620. The van der Waals surface area contributed by atoms with Crippen molar-refractivity contribution in [3.8, 4) is 5.75 Å². The van der Waals surface area contributed by atoms with Crippen LogP contribution in [0, 0.1) is 6.10 Å². The fourth-order valence-electron chi connectivity index (χ4n) is 0.949. The fraction of sp³-hybridized carbons (Fsp3) is 0.0833. The predicted octanol–water partition coefficient (Wildman–Crippen LogP) is 3.36. The first kappa shape index (κ1) is 9.59. The SMILES string of the molecule is C=CC[C](C=C)Oc1ccccc1. The smallest absolute Gasteiger partial charge is 0.173 e. The van der Waals surface area contributed by atoms with Crippen LogP contribution in [0.15, 0.2) is 55.6 Å². The third kappa shape index (κ3) is 3.16. The second kappa shape index (κ2) is 5.20. The molecular weight excluding hydrogens is 160 g/mol. The van der Waals surface area contributed by atoms with Gasteiger partial charge in [-0.15, -0.1) is 6.58 Å². The summed E-state index contributed by atoms with van der Waals surface area (Å²) in [6, 6.07) is 9.64. The third-order valence-corrected chi connectivity index (χ3v) is 1.57. The van der Waals surface area contributed by atoms with Gasteiger partial charge in [-0.05, 0) is 18.2 Å². The molecule has 0 heterocycles. The maximum atomic E-state index is 5.53. The van der Waals surface area contributed by atoms with Gasteiger partial charge in [-0.3, -0.25) is 0 Å². The van der Waals surface area contributed by atoms with Gasteiger partial charge in [0.05, 0.1) is 0 Å². The maximum Gasteiger partial charge on any atom is 0.173 e. The van der Waals surface area contributed by atoms with Gasteiger partial charge >= 0.3 is 0 Å². The molecule has 0 fully saturated rings. The summed E-state index contributed by atoms with van der Waals surface area (Å²) in [5.41, 5.74) is 0. The summed E-state index contributed by atoms with van der Waals surface area (Å²) < 4.78 is 5.53. The topological polar surface area (TPSA) is 9.23 Å². The molecule has 0 N–H and O–H groups in total. The molecule has 0 aliphatic heterocycles. The minimum Gasteiger partial charge on any atom is -0.478 e. The molecule has 1 aromatic rings. The van der Waals surface area contributed by atoms with E-state index in [1.165, 1.54) is 0 Å². The van der Waals surface area contributed by atoms with Crippen molar-refractivity contribution in [3.05, 3.63) is 61.7 Å². The van der Waals surface area contributed by atoms with Crippen LogP contribution in [0.5, 0.6) is 5.75 Å². The zero-order valence-corrected chi connectivity index (χ0v) is 7.57. The lowest BCUT2D eigenvalue weighted by Crippen LogP contribution is -2.01. The highest BCUT2D eigenvalue weighted by Gasteiger charge is 2.03. The fourth-order valence-corrected chi connectivity index (χ4v) is 0.949. The summed E-state index contributed by atoms with van der Waals surface area (Å²) in [6.45, 7) is 7.31. The largest absolute Gasteiger partial charge is 0.478 e. The molecule has 1 nitrogen and oxygen atoms in total. The van der Waals surface area contributed by atoms with Crippen LogP contribution in [-0.4, -0.2) is 0 Å². The van der Waals surface area contributed by atoms with E-state index in [1.807, 2.05) is 30.3 Å². The van der Waals surface area contributed by atoms with Crippen LogP contribution in [0.1, 0.15) is 6.42 Å². The van der Waals surface area contributed by atoms with E-state index in [0.717, 1.165) is 11.9 Å². The van der Waals surface area contributed by atoms with Gasteiger partial charge in [0.2, 0.25) is 0 Å². The van der Waals surface area contributed by atoms with Crippen LogP contribution >= 0.6 is 0 Å². The van der Waals surface area contributed by atoms with Crippen LogP contribution in [0.4, 0.5) is 0 Å². The van der Waals surface area contributed by atoms with Crippen LogP contribution in [-0.2, 0) is 0 Å². The molecule has 1 radical (unpaired) electrons. The minimum absolute atomic E-state index is 0.707. The lowest BCUT2D eigenvalue weighted by atomic mass is 10.2. The van der Waals surface area contributed by atoms with Crippen molar-refractivity contribution in [1.29, 1.82) is 0 Å². The molecule has 0 atom stereocenters.